The Morgan fingerprint density at radius 1 is 1.06 bits per heavy atom. The largest absolute Gasteiger partial charge is 0.480 e. The zero-order valence-corrected chi connectivity index (χ0v) is 9.71. The minimum Gasteiger partial charge on any atom is -0.480 e. The van der Waals surface area contributed by atoms with Gasteiger partial charge in [0.25, 0.3) is 0 Å². The number of amides is 1. The van der Waals surface area contributed by atoms with Gasteiger partial charge in [-0.1, -0.05) is 19.8 Å². The molecule has 2 rings (SSSR count). The van der Waals surface area contributed by atoms with E-state index in [0.717, 1.165) is 32.1 Å². The van der Waals surface area contributed by atoms with E-state index in [9.17, 15) is 9.59 Å². The molecule has 16 heavy (non-hydrogen) atoms. The fraction of sp³-hybridized carbons (Fsp3) is 0.833. The quantitative estimate of drug-likeness (QED) is 0.768. The average molecular weight is 225 g/mol. The third-order valence-corrected chi connectivity index (χ3v) is 4.22. The molecule has 0 atom stereocenters. The van der Waals surface area contributed by atoms with Crippen molar-refractivity contribution in [3.8, 4) is 0 Å². The summed E-state index contributed by atoms with van der Waals surface area (Å²) in [6.45, 7) is 1.95. The van der Waals surface area contributed by atoms with Crippen molar-refractivity contribution < 1.29 is 14.7 Å². The molecule has 2 aliphatic rings. The van der Waals surface area contributed by atoms with Crippen molar-refractivity contribution in [3.63, 3.8) is 0 Å². The minimum absolute atomic E-state index is 0.0629. The lowest BCUT2D eigenvalue weighted by Gasteiger charge is -2.40. The summed E-state index contributed by atoms with van der Waals surface area (Å²) < 4.78 is 0. The first-order valence-electron chi connectivity index (χ1n) is 6.05. The van der Waals surface area contributed by atoms with Gasteiger partial charge < -0.3 is 10.4 Å². The first-order chi connectivity index (χ1) is 7.49. The van der Waals surface area contributed by atoms with E-state index in [0.29, 0.717) is 12.8 Å². The Morgan fingerprint density at radius 3 is 2.00 bits per heavy atom. The highest BCUT2D eigenvalue weighted by atomic mass is 16.4. The van der Waals surface area contributed by atoms with E-state index in [4.69, 9.17) is 5.11 Å². The Bertz CT molecular complexity index is 314. The highest BCUT2D eigenvalue weighted by Crippen LogP contribution is 2.40. The highest BCUT2D eigenvalue weighted by molar-refractivity contribution is 5.90. The maximum atomic E-state index is 12.1. The van der Waals surface area contributed by atoms with Gasteiger partial charge in [-0.3, -0.25) is 4.79 Å². The van der Waals surface area contributed by atoms with Crippen molar-refractivity contribution in [2.75, 3.05) is 0 Å². The molecule has 0 bridgehead atoms. The molecule has 90 valence electrons. The van der Waals surface area contributed by atoms with Gasteiger partial charge in [-0.05, 0) is 32.1 Å². The molecular formula is C12H19NO3. The van der Waals surface area contributed by atoms with E-state index in [2.05, 4.69) is 5.32 Å². The standard InChI is InChI=1S/C12H19NO3/c1-11(5-2-3-6-11)9(14)13-12(10(15)16)7-4-8-12/h2-8H2,1H3,(H,13,14)(H,15,16). The van der Waals surface area contributed by atoms with E-state index in [-0.39, 0.29) is 11.3 Å². The van der Waals surface area contributed by atoms with Crippen LogP contribution < -0.4 is 5.32 Å². The summed E-state index contributed by atoms with van der Waals surface area (Å²) in [7, 11) is 0. The molecule has 0 radical (unpaired) electrons. The average Bonchev–Trinajstić information content (AvgIpc) is 2.59. The van der Waals surface area contributed by atoms with Crippen LogP contribution >= 0.6 is 0 Å². The molecule has 2 fully saturated rings. The molecule has 0 aromatic carbocycles. The van der Waals surface area contributed by atoms with Gasteiger partial charge in [-0.2, -0.15) is 0 Å². The molecule has 0 heterocycles. The highest BCUT2D eigenvalue weighted by Gasteiger charge is 2.48. The molecule has 1 amide bonds. The Hall–Kier alpha value is -1.06. The number of carbonyl (C=O) groups excluding carboxylic acids is 1. The molecule has 0 spiro atoms. The van der Waals surface area contributed by atoms with Crippen LogP contribution in [0, 0.1) is 5.41 Å². The zero-order valence-electron chi connectivity index (χ0n) is 9.71. The van der Waals surface area contributed by atoms with Crippen LogP contribution in [0.1, 0.15) is 51.9 Å². The Labute approximate surface area is 95.4 Å². The molecule has 0 aliphatic heterocycles. The number of aliphatic carboxylic acids is 1. The number of hydrogen-bond donors (Lipinski definition) is 2. The van der Waals surface area contributed by atoms with Crippen LogP contribution in [-0.4, -0.2) is 22.5 Å². The lowest BCUT2D eigenvalue weighted by Crippen LogP contribution is -2.61. The van der Waals surface area contributed by atoms with E-state index in [1.807, 2.05) is 6.92 Å². The van der Waals surface area contributed by atoms with Crippen LogP contribution in [0.25, 0.3) is 0 Å². The molecule has 4 nitrogen and oxygen atoms in total. The maximum absolute atomic E-state index is 12.1. The lowest BCUT2D eigenvalue weighted by atomic mass is 9.75. The molecule has 0 aromatic rings. The van der Waals surface area contributed by atoms with Crippen LogP contribution in [0.4, 0.5) is 0 Å². The fourth-order valence-electron chi connectivity index (χ4n) is 2.67. The van der Waals surface area contributed by atoms with Gasteiger partial charge in [0.05, 0.1) is 0 Å². The van der Waals surface area contributed by atoms with Gasteiger partial charge in [0.2, 0.25) is 5.91 Å². The van der Waals surface area contributed by atoms with Crippen LogP contribution in [0.3, 0.4) is 0 Å². The molecule has 2 saturated carbocycles. The number of nitrogens with one attached hydrogen (secondary N) is 1. The number of rotatable bonds is 3. The minimum atomic E-state index is -0.956. The van der Waals surface area contributed by atoms with Crippen LogP contribution in [0.5, 0.6) is 0 Å². The molecule has 0 saturated heterocycles. The maximum Gasteiger partial charge on any atom is 0.329 e. The van der Waals surface area contributed by atoms with Crippen LogP contribution in [0.2, 0.25) is 0 Å². The van der Waals surface area contributed by atoms with Crippen LogP contribution in [-0.2, 0) is 9.59 Å². The third-order valence-electron chi connectivity index (χ3n) is 4.22. The van der Waals surface area contributed by atoms with E-state index < -0.39 is 11.5 Å². The normalized spacial score (nSPS) is 25.8. The number of carboxylic acid groups (broad SMARTS) is 1. The summed E-state index contributed by atoms with van der Waals surface area (Å²) in [5.41, 5.74) is -1.29. The lowest BCUT2D eigenvalue weighted by molar-refractivity contribution is -0.153. The first kappa shape index (κ1) is 11.4. The molecule has 0 unspecified atom stereocenters. The smallest absolute Gasteiger partial charge is 0.329 e. The van der Waals surface area contributed by atoms with Crippen molar-refractivity contribution in [1.29, 1.82) is 0 Å². The third kappa shape index (κ3) is 1.70. The van der Waals surface area contributed by atoms with Crippen molar-refractivity contribution >= 4 is 11.9 Å². The van der Waals surface area contributed by atoms with Gasteiger partial charge >= 0.3 is 5.97 Å². The predicted molar refractivity (Wildman–Crippen MR) is 58.9 cm³/mol. The predicted octanol–water partition coefficient (Wildman–Crippen LogP) is 1.69. The second-order valence-corrected chi connectivity index (χ2v) is 5.46. The zero-order chi connectivity index (χ0) is 11.8. The number of carboxylic acids is 1. The van der Waals surface area contributed by atoms with E-state index >= 15 is 0 Å². The van der Waals surface area contributed by atoms with E-state index in [1.165, 1.54) is 0 Å². The van der Waals surface area contributed by atoms with Crippen LogP contribution in [0.15, 0.2) is 0 Å². The summed E-state index contributed by atoms with van der Waals surface area (Å²) in [6, 6.07) is 0. The number of hydrogen-bond acceptors (Lipinski definition) is 2. The van der Waals surface area contributed by atoms with Crippen molar-refractivity contribution in [2.45, 2.75) is 57.4 Å². The summed E-state index contributed by atoms with van der Waals surface area (Å²) in [5, 5.41) is 11.9. The summed E-state index contributed by atoms with van der Waals surface area (Å²) >= 11 is 0. The molecule has 4 heteroatoms. The van der Waals surface area contributed by atoms with Crippen molar-refractivity contribution in [2.24, 2.45) is 5.41 Å². The van der Waals surface area contributed by atoms with Gasteiger partial charge in [-0.25, -0.2) is 4.79 Å². The summed E-state index contributed by atoms with van der Waals surface area (Å²) in [6.07, 6.45) is 5.95. The van der Waals surface area contributed by atoms with Gasteiger partial charge in [0.1, 0.15) is 5.54 Å². The topological polar surface area (TPSA) is 66.4 Å². The Balaban J connectivity index is 2.03. The number of carbonyl (C=O) groups is 2. The van der Waals surface area contributed by atoms with Crippen molar-refractivity contribution in [3.05, 3.63) is 0 Å². The second kappa shape index (κ2) is 3.75. The Kier molecular flexibility index (Phi) is 2.68. The Morgan fingerprint density at radius 2 is 1.62 bits per heavy atom. The van der Waals surface area contributed by atoms with Crippen molar-refractivity contribution in [1.82, 2.24) is 5.32 Å². The SMILES string of the molecule is CC1(C(=O)NC2(C(=O)O)CCC2)CCCC1. The van der Waals surface area contributed by atoms with Gasteiger partial charge in [-0.15, -0.1) is 0 Å². The molecule has 2 N–H and O–H groups in total. The molecule has 0 aromatic heterocycles. The summed E-state index contributed by atoms with van der Waals surface area (Å²) in [5.74, 6) is -0.944. The monoisotopic (exact) mass is 225 g/mol. The molecule has 2 aliphatic carbocycles. The second-order valence-electron chi connectivity index (χ2n) is 5.46. The summed E-state index contributed by atoms with van der Waals surface area (Å²) in [4.78, 5) is 23.2. The van der Waals surface area contributed by atoms with E-state index in [1.54, 1.807) is 0 Å². The molecular weight excluding hydrogens is 206 g/mol. The fourth-order valence-corrected chi connectivity index (χ4v) is 2.67. The van der Waals surface area contributed by atoms with Gasteiger partial charge in [0.15, 0.2) is 0 Å². The first-order valence-corrected chi connectivity index (χ1v) is 6.05. The van der Waals surface area contributed by atoms with Gasteiger partial charge in [0, 0.05) is 5.41 Å².